The van der Waals surface area contributed by atoms with Crippen LogP contribution in [0.3, 0.4) is 0 Å². The molecule has 0 radical (unpaired) electrons. The van der Waals surface area contributed by atoms with Gasteiger partial charge in [-0.2, -0.15) is 0 Å². The van der Waals surface area contributed by atoms with Gasteiger partial charge in [0, 0.05) is 18.5 Å². The molecule has 0 aromatic rings. The van der Waals surface area contributed by atoms with Crippen molar-refractivity contribution < 1.29 is 4.79 Å². The highest BCUT2D eigenvalue weighted by Crippen LogP contribution is 2.23. The first-order valence-corrected chi connectivity index (χ1v) is 6.99. The van der Waals surface area contributed by atoms with Gasteiger partial charge in [-0.05, 0) is 45.2 Å². The number of piperidine rings is 1. The normalized spacial score (nSPS) is 21.9. The van der Waals surface area contributed by atoms with Gasteiger partial charge in [-0.3, -0.25) is 4.79 Å². The first kappa shape index (κ1) is 12.6. The van der Waals surface area contributed by atoms with Gasteiger partial charge in [0.15, 0.2) is 0 Å². The zero-order valence-electron chi connectivity index (χ0n) is 10.8. The van der Waals surface area contributed by atoms with Crippen LogP contribution in [-0.2, 0) is 4.79 Å². The fourth-order valence-corrected chi connectivity index (χ4v) is 2.89. The molecule has 0 unspecified atom stereocenters. The lowest BCUT2D eigenvalue weighted by atomic mass is 9.99. The lowest BCUT2D eigenvalue weighted by molar-refractivity contribution is -0.138. The Labute approximate surface area is 104 Å². The lowest BCUT2D eigenvalue weighted by Gasteiger charge is -2.36. The van der Waals surface area contributed by atoms with Crippen LogP contribution >= 0.6 is 0 Å². The smallest absolute Gasteiger partial charge is 0.226 e. The number of nitrogens with zero attached hydrogens (tertiary/aromatic N) is 1. The van der Waals surface area contributed by atoms with Gasteiger partial charge in [0.1, 0.15) is 0 Å². The van der Waals surface area contributed by atoms with E-state index in [-0.39, 0.29) is 5.92 Å². The van der Waals surface area contributed by atoms with Gasteiger partial charge in [0.2, 0.25) is 5.91 Å². The Bertz CT molecular complexity index is 274. The second-order valence-corrected chi connectivity index (χ2v) is 5.15. The summed E-state index contributed by atoms with van der Waals surface area (Å²) in [6.45, 7) is 5.20. The molecule has 0 aromatic carbocycles. The molecule has 0 atom stereocenters. The van der Waals surface area contributed by atoms with Crippen molar-refractivity contribution in [3.63, 3.8) is 0 Å². The number of rotatable bonds is 4. The monoisotopic (exact) mass is 236 g/mol. The van der Waals surface area contributed by atoms with Crippen molar-refractivity contribution >= 4 is 5.91 Å². The molecule has 3 heteroatoms. The second kappa shape index (κ2) is 6.20. The molecular formula is C14H24N2O. The van der Waals surface area contributed by atoms with Crippen LogP contribution in [0.4, 0.5) is 0 Å². The first-order chi connectivity index (χ1) is 8.33. The van der Waals surface area contributed by atoms with Crippen LogP contribution in [-0.4, -0.2) is 36.5 Å². The number of nitrogens with one attached hydrogen (secondary N) is 1. The van der Waals surface area contributed by atoms with Crippen LogP contribution in [0.1, 0.15) is 39.0 Å². The topological polar surface area (TPSA) is 32.3 Å². The predicted octanol–water partition coefficient (Wildman–Crippen LogP) is 1.94. The molecule has 1 N–H and O–H groups in total. The van der Waals surface area contributed by atoms with E-state index in [0.29, 0.717) is 11.9 Å². The SMILES string of the molecule is CCCN(C(=O)C1CC=CC1)C1CCNCC1. The summed E-state index contributed by atoms with van der Waals surface area (Å²) in [5.74, 6) is 0.625. The van der Waals surface area contributed by atoms with Gasteiger partial charge in [-0.25, -0.2) is 0 Å². The van der Waals surface area contributed by atoms with Crippen LogP contribution in [0.5, 0.6) is 0 Å². The van der Waals surface area contributed by atoms with Gasteiger partial charge in [0.25, 0.3) is 0 Å². The van der Waals surface area contributed by atoms with E-state index in [9.17, 15) is 4.79 Å². The summed E-state index contributed by atoms with van der Waals surface area (Å²) in [5.41, 5.74) is 0. The Morgan fingerprint density at radius 2 is 1.94 bits per heavy atom. The molecule has 17 heavy (non-hydrogen) atoms. The van der Waals surface area contributed by atoms with Crippen molar-refractivity contribution in [2.45, 2.75) is 45.1 Å². The maximum Gasteiger partial charge on any atom is 0.226 e. The molecule has 96 valence electrons. The van der Waals surface area contributed by atoms with E-state index in [0.717, 1.165) is 51.7 Å². The fourth-order valence-electron chi connectivity index (χ4n) is 2.89. The van der Waals surface area contributed by atoms with E-state index in [1.807, 2.05) is 0 Å². The Hall–Kier alpha value is -0.830. The molecule has 1 aliphatic heterocycles. The summed E-state index contributed by atoms with van der Waals surface area (Å²) in [4.78, 5) is 14.7. The number of carbonyl (C=O) groups is 1. The number of carbonyl (C=O) groups excluding carboxylic acids is 1. The molecule has 2 rings (SSSR count). The van der Waals surface area contributed by atoms with Crippen LogP contribution in [0, 0.1) is 5.92 Å². The maximum atomic E-state index is 12.5. The third-order valence-electron chi connectivity index (χ3n) is 3.85. The number of amides is 1. The van der Waals surface area contributed by atoms with Gasteiger partial charge >= 0.3 is 0 Å². The van der Waals surface area contributed by atoms with Crippen LogP contribution in [0.2, 0.25) is 0 Å². The summed E-state index contributed by atoms with van der Waals surface area (Å²) in [6, 6.07) is 0.476. The molecule has 1 saturated heterocycles. The molecule has 0 spiro atoms. The number of hydrogen-bond acceptors (Lipinski definition) is 2. The molecule has 0 bridgehead atoms. The van der Waals surface area contributed by atoms with Crippen molar-refractivity contribution in [2.24, 2.45) is 5.92 Å². The highest BCUT2D eigenvalue weighted by Gasteiger charge is 2.29. The van der Waals surface area contributed by atoms with E-state index >= 15 is 0 Å². The second-order valence-electron chi connectivity index (χ2n) is 5.15. The first-order valence-electron chi connectivity index (χ1n) is 6.99. The molecule has 1 amide bonds. The van der Waals surface area contributed by atoms with Crippen molar-refractivity contribution in [3.8, 4) is 0 Å². The third kappa shape index (κ3) is 3.09. The van der Waals surface area contributed by atoms with E-state index in [1.54, 1.807) is 0 Å². The minimum Gasteiger partial charge on any atom is -0.339 e. The Morgan fingerprint density at radius 1 is 1.29 bits per heavy atom. The maximum absolute atomic E-state index is 12.5. The summed E-state index contributed by atoms with van der Waals surface area (Å²) in [7, 11) is 0. The highest BCUT2D eigenvalue weighted by atomic mass is 16.2. The summed E-state index contributed by atoms with van der Waals surface area (Å²) >= 11 is 0. The minimum absolute atomic E-state index is 0.233. The molecule has 2 aliphatic rings. The predicted molar refractivity (Wildman–Crippen MR) is 69.8 cm³/mol. The minimum atomic E-state index is 0.233. The number of hydrogen-bond donors (Lipinski definition) is 1. The Kier molecular flexibility index (Phi) is 4.60. The molecular weight excluding hydrogens is 212 g/mol. The van der Waals surface area contributed by atoms with E-state index < -0.39 is 0 Å². The zero-order chi connectivity index (χ0) is 12.1. The molecule has 1 heterocycles. The summed E-state index contributed by atoms with van der Waals surface area (Å²) in [5, 5.41) is 3.37. The van der Waals surface area contributed by atoms with Gasteiger partial charge < -0.3 is 10.2 Å². The highest BCUT2D eigenvalue weighted by molar-refractivity contribution is 5.80. The van der Waals surface area contributed by atoms with Crippen LogP contribution in [0.25, 0.3) is 0 Å². The molecule has 0 saturated carbocycles. The van der Waals surface area contributed by atoms with E-state index in [1.165, 1.54) is 0 Å². The zero-order valence-corrected chi connectivity index (χ0v) is 10.8. The fraction of sp³-hybridized carbons (Fsp3) is 0.786. The van der Waals surface area contributed by atoms with Crippen molar-refractivity contribution in [1.82, 2.24) is 10.2 Å². The number of allylic oxidation sites excluding steroid dienone is 2. The average molecular weight is 236 g/mol. The quantitative estimate of drug-likeness (QED) is 0.757. The standard InChI is InChI=1S/C14H24N2O/c1-2-11-16(13-7-9-15-10-8-13)14(17)12-5-3-4-6-12/h3-4,12-13,15H,2,5-11H2,1H3. The van der Waals surface area contributed by atoms with Crippen LogP contribution in [0.15, 0.2) is 12.2 Å². The van der Waals surface area contributed by atoms with Gasteiger partial charge in [-0.15, -0.1) is 0 Å². The summed E-state index contributed by atoms with van der Waals surface area (Å²) < 4.78 is 0. The third-order valence-corrected chi connectivity index (χ3v) is 3.85. The largest absolute Gasteiger partial charge is 0.339 e. The molecule has 0 aromatic heterocycles. The van der Waals surface area contributed by atoms with E-state index in [2.05, 4.69) is 29.3 Å². The Morgan fingerprint density at radius 3 is 2.53 bits per heavy atom. The van der Waals surface area contributed by atoms with Crippen molar-refractivity contribution in [1.29, 1.82) is 0 Å². The van der Waals surface area contributed by atoms with Crippen molar-refractivity contribution in [2.75, 3.05) is 19.6 Å². The van der Waals surface area contributed by atoms with Gasteiger partial charge in [-0.1, -0.05) is 19.1 Å². The van der Waals surface area contributed by atoms with Gasteiger partial charge in [0.05, 0.1) is 0 Å². The summed E-state index contributed by atoms with van der Waals surface area (Å²) in [6.07, 6.45) is 9.49. The molecule has 3 nitrogen and oxygen atoms in total. The Balaban J connectivity index is 1.96. The molecule has 1 fully saturated rings. The molecule has 1 aliphatic carbocycles. The van der Waals surface area contributed by atoms with E-state index in [4.69, 9.17) is 0 Å². The van der Waals surface area contributed by atoms with Crippen molar-refractivity contribution in [3.05, 3.63) is 12.2 Å². The average Bonchev–Trinajstić information content (AvgIpc) is 2.90. The lowest BCUT2D eigenvalue weighted by Crippen LogP contribution is -2.48. The van der Waals surface area contributed by atoms with Crippen LogP contribution < -0.4 is 5.32 Å².